The monoisotopic (exact) mass is 459 g/mol. The van der Waals surface area contributed by atoms with Crippen molar-refractivity contribution in [2.75, 3.05) is 11.9 Å². The summed E-state index contributed by atoms with van der Waals surface area (Å²) in [4.78, 5) is 2.26. The highest BCUT2D eigenvalue weighted by Crippen LogP contribution is 2.54. The van der Waals surface area contributed by atoms with Crippen molar-refractivity contribution < 1.29 is 9.84 Å². The lowest BCUT2D eigenvalue weighted by Crippen LogP contribution is -2.58. The third-order valence-electron chi connectivity index (χ3n) is 7.77. The maximum Gasteiger partial charge on any atom is 0.211 e. The summed E-state index contributed by atoms with van der Waals surface area (Å²) in [5.41, 5.74) is 6.81. The molecule has 4 aromatic carbocycles. The van der Waals surface area contributed by atoms with Crippen molar-refractivity contribution in [3.05, 3.63) is 125 Å². The number of benzene rings is 4. The van der Waals surface area contributed by atoms with Gasteiger partial charge in [-0.15, -0.1) is 0 Å². The normalized spacial score (nSPS) is 20.3. The predicted octanol–water partition coefficient (Wildman–Crippen LogP) is 6.96. The lowest BCUT2D eigenvalue weighted by Gasteiger charge is -2.45. The predicted molar refractivity (Wildman–Crippen MR) is 143 cm³/mol. The molecule has 0 bridgehead atoms. The first-order chi connectivity index (χ1) is 16.9. The summed E-state index contributed by atoms with van der Waals surface area (Å²) in [5, 5.41) is 10.7. The minimum atomic E-state index is -0.628. The zero-order valence-electron chi connectivity index (χ0n) is 20.3. The third-order valence-corrected chi connectivity index (χ3v) is 7.77. The first-order valence-corrected chi connectivity index (χ1v) is 12.1. The lowest BCUT2D eigenvalue weighted by atomic mass is 9.76. The first kappa shape index (κ1) is 21.7. The van der Waals surface area contributed by atoms with Crippen LogP contribution in [0.3, 0.4) is 0 Å². The van der Waals surface area contributed by atoms with Gasteiger partial charge < -0.3 is 14.7 Å². The Morgan fingerprint density at radius 3 is 2.17 bits per heavy atom. The number of aliphatic hydroxyl groups excluding tert-OH is 1. The SMILES string of the molecule is CN1c2ccccc2C(C)(C)C12C=Cc1cc(-c3ccc(C(O)c4ccccc4)cc3)ccc1O2. The van der Waals surface area contributed by atoms with Gasteiger partial charge in [-0.1, -0.05) is 78.9 Å². The third kappa shape index (κ3) is 3.23. The highest BCUT2D eigenvalue weighted by atomic mass is 16.5. The van der Waals surface area contributed by atoms with E-state index in [9.17, 15) is 5.11 Å². The summed E-state index contributed by atoms with van der Waals surface area (Å²) in [5.74, 6) is 0.889. The number of likely N-dealkylation sites (N-methyl/N-ethyl adjacent to an activating group) is 1. The topological polar surface area (TPSA) is 32.7 Å². The highest BCUT2D eigenvalue weighted by Gasteiger charge is 2.57. The van der Waals surface area contributed by atoms with Gasteiger partial charge in [-0.05, 0) is 72.0 Å². The molecule has 35 heavy (non-hydrogen) atoms. The van der Waals surface area contributed by atoms with Crippen LogP contribution in [0.5, 0.6) is 5.75 Å². The van der Waals surface area contributed by atoms with Gasteiger partial charge >= 0.3 is 0 Å². The fraction of sp³-hybridized carbons (Fsp3) is 0.188. The van der Waals surface area contributed by atoms with Gasteiger partial charge in [0, 0.05) is 18.3 Å². The molecule has 0 amide bonds. The molecule has 174 valence electrons. The molecule has 0 fully saturated rings. The molecule has 2 aliphatic heterocycles. The maximum absolute atomic E-state index is 10.7. The van der Waals surface area contributed by atoms with Crippen molar-refractivity contribution in [2.24, 2.45) is 0 Å². The van der Waals surface area contributed by atoms with Crippen molar-refractivity contribution in [3.63, 3.8) is 0 Å². The van der Waals surface area contributed by atoms with Crippen molar-refractivity contribution in [2.45, 2.75) is 31.1 Å². The molecule has 2 unspecified atom stereocenters. The van der Waals surface area contributed by atoms with E-state index in [1.165, 1.54) is 11.3 Å². The molecule has 2 aliphatic rings. The summed E-state index contributed by atoms with van der Waals surface area (Å²) in [6.45, 7) is 4.51. The number of aliphatic hydroxyl groups is 1. The largest absolute Gasteiger partial charge is 0.463 e. The zero-order valence-corrected chi connectivity index (χ0v) is 20.3. The quantitative estimate of drug-likeness (QED) is 0.359. The van der Waals surface area contributed by atoms with Crippen LogP contribution in [0.2, 0.25) is 0 Å². The van der Waals surface area contributed by atoms with Crippen molar-refractivity contribution in [3.8, 4) is 16.9 Å². The number of fused-ring (bicyclic) bond motifs is 2. The van der Waals surface area contributed by atoms with E-state index in [1.54, 1.807) is 0 Å². The van der Waals surface area contributed by atoms with E-state index >= 15 is 0 Å². The molecular weight excluding hydrogens is 430 g/mol. The number of rotatable bonds is 3. The number of para-hydroxylation sites is 1. The van der Waals surface area contributed by atoms with Crippen LogP contribution in [0.4, 0.5) is 5.69 Å². The Kier molecular flexibility index (Phi) is 4.87. The number of nitrogens with zero attached hydrogens (tertiary/aromatic N) is 1. The zero-order chi connectivity index (χ0) is 24.2. The molecule has 3 nitrogen and oxygen atoms in total. The molecule has 0 saturated carbocycles. The molecule has 0 aromatic heterocycles. The second-order valence-corrected chi connectivity index (χ2v) is 10.0. The van der Waals surface area contributed by atoms with Gasteiger partial charge in [0.1, 0.15) is 11.9 Å². The molecule has 4 aromatic rings. The second-order valence-electron chi connectivity index (χ2n) is 10.0. The van der Waals surface area contributed by atoms with Gasteiger partial charge in [-0.3, -0.25) is 0 Å². The Hall–Kier alpha value is -3.82. The maximum atomic E-state index is 10.7. The van der Waals surface area contributed by atoms with E-state index < -0.39 is 11.8 Å². The van der Waals surface area contributed by atoms with E-state index in [-0.39, 0.29) is 5.41 Å². The Labute approximate surface area is 206 Å². The Morgan fingerprint density at radius 1 is 0.771 bits per heavy atom. The Balaban J connectivity index is 1.29. The number of anilines is 1. The van der Waals surface area contributed by atoms with E-state index in [0.717, 1.165) is 33.6 Å². The van der Waals surface area contributed by atoms with Crippen LogP contribution in [0.1, 0.15) is 42.2 Å². The molecule has 3 heteroatoms. The molecule has 0 aliphatic carbocycles. The van der Waals surface area contributed by atoms with E-state index in [4.69, 9.17) is 4.74 Å². The highest BCUT2D eigenvalue weighted by molar-refractivity contribution is 5.75. The van der Waals surface area contributed by atoms with E-state index in [0.29, 0.717) is 0 Å². The smallest absolute Gasteiger partial charge is 0.211 e. The molecule has 6 rings (SSSR count). The Morgan fingerprint density at radius 2 is 1.43 bits per heavy atom. The summed E-state index contributed by atoms with van der Waals surface area (Å²) in [6.07, 6.45) is 3.77. The molecule has 2 heterocycles. The van der Waals surface area contributed by atoms with Crippen LogP contribution in [-0.2, 0) is 5.41 Å². The fourth-order valence-electron chi connectivity index (χ4n) is 5.64. The molecule has 0 radical (unpaired) electrons. The molecule has 1 spiro atoms. The van der Waals surface area contributed by atoms with Crippen LogP contribution >= 0.6 is 0 Å². The minimum Gasteiger partial charge on any atom is -0.463 e. The average molecular weight is 460 g/mol. The summed E-state index contributed by atoms with van der Waals surface area (Å²) in [6, 6.07) is 32.8. The summed E-state index contributed by atoms with van der Waals surface area (Å²) >= 11 is 0. The van der Waals surface area contributed by atoms with Gasteiger partial charge in [0.2, 0.25) is 5.72 Å². The van der Waals surface area contributed by atoms with Crippen molar-refractivity contribution >= 4 is 11.8 Å². The number of hydrogen-bond donors (Lipinski definition) is 1. The Bertz CT molecular complexity index is 1420. The standard InChI is InChI=1S/C32H29NO2/c1-31(2)27-11-7-8-12-28(27)33(3)32(31)20-19-26-21-25(17-18-29(26)35-32)22-13-15-24(16-14-22)30(34)23-9-5-4-6-10-23/h4-21,30,34H,1-3H3. The van der Waals surface area contributed by atoms with Gasteiger partial charge in [0.25, 0.3) is 0 Å². The van der Waals surface area contributed by atoms with Crippen LogP contribution in [0.15, 0.2) is 103 Å². The lowest BCUT2D eigenvalue weighted by molar-refractivity contribution is 0.0582. The molecule has 2 atom stereocenters. The van der Waals surface area contributed by atoms with Crippen LogP contribution in [0, 0.1) is 0 Å². The minimum absolute atomic E-state index is 0.208. The summed E-state index contributed by atoms with van der Waals surface area (Å²) in [7, 11) is 2.11. The van der Waals surface area contributed by atoms with Crippen molar-refractivity contribution in [1.29, 1.82) is 0 Å². The van der Waals surface area contributed by atoms with Crippen LogP contribution in [0.25, 0.3) is 17.2 Å². The number of hydrogen-bond acceptors (Lipinski definition) is 3. The molecule has 0 saturated heterocycles. The number of ether oxygens (including phenoxy) is 1. The molecule has 1 N–H and O–H groups in total. The van der Waals surface area contributed by atoms with Gasteiger partial charge in [-0.25, -0.2) is 0 Å². The average Bonchev–Trinajstić information content (AvgIpc) is 3.07. The first-order valence-electron chi connectivity index (χ1n) is 12.1. The fourth-order valence-corrected chi connectivity index (χ4v) is 5.64. The van der Waals surface area contributed by atoms with Gasteiger partial charge in [0.15, 0.2) is 0 Å². The van der Waals surface area contributed by atoms with Crippen LogP contribution < -0.4 is 9.64 Å². The van der Waals surface area contributed by atoms with Crippen LogP contribution in [-0.4, -0.2) is 17.9 Å². The van der Waals surface area contributed by atoms with Gasteiger partial charge in [-0.2, -0.15) is 0 Å². The van der Waals surface area contributed by atoms with Gasteiger partial charge in [0.05, 0.1) is 5.41 Å². The van der Waals surface area contributed by atoms with E-state index in [2.05, 4.69) is 92.5 Å². The second kappa shape index (κ2) is 7.86. The van der Waals surface area contributed by atoms with E-state index in [1.807, 2.05) is 42.5 Å². The van der Waals surface area contributed by atoms with Crippen molar-refractivity contribution in [1.82, 2.24) is 0 Å². The summed E-state index contributed by atoms with van der Waals surface area (Å²) < 4.78 is 6.79. The molecular formula is C32H29NO2.